The first-order valence-corrected chi connectivity index (χ1v) is 19.2. The Labute approximate surface area is 254 Å². The van der Waals surface area contributed by atoms with Crippen LogP contribution in [0.15, 0.2) is 0 Å². The van der Waals surface area contributed by atoms with Gasteiger partial charge in [-0.3, -0.25) is 0 Å². The van der Waals surface area contributed by atoms with E-state index in [1.165, 1.54) is 133 Å². The maximum atomic E-state index is 9.97. The van der Waals surface area contributed by atoms with Gasteiger partial charge in [-0.2, -0.15) is 0 Å². The first kappa shape index (κ1) is 34.9. The predicted octanol–water partition coefficient (Wildman–Crippen LogP) is 12.0. The Bertz CT molecular complexity index is 548. The fourth-order valence-electron chi connectivity index (χ4n) is 8.81. The highest BCUT2D eigenvalue weighted by atomic mass is 127. The molecule has 2 heteroatoms. The Hall–Kier alpha value is 0.690. The molecule has 0 spiro atoms. The van der Waals surface area contributed by atoms with Crippen molar-refractivity contribution in [1.29, 1.82) is 0 Å². The fourth-order valence-corrected chi connectivity index (χ4v) is 9.69. The number of alkyl halides is 1. The highest BCUT2D eigenvalue weighted by Gasteiger charge is 2.36. The van der Waals surface area contributed by atoms with Crippen LogP contribution < -0.4 is 0 Å². The summed E-state index contributed by atoms with van der Waals surface area (Å²) in [5, 5.41) is 9.97. The minimum atomic E-state index is -0.132. The zero-order chi connectivity index (χ0) is 27.8. The molecule has 0 radical (unpaired) electrons. The fraction of sp³-hybridized carbons (Fsp3) is 1.00. The average molecular weight is 645 g/mol. The number of halogens is 1. The molecule has 0 heterocycles. The minimum absolute atomic E-state index is 0.132. The van der Waals surface area contributed by atoms with Gasteiger partial charge in [0.15, 0.2) is 0 Å². The van der Waals surface area contributed by atoms with Crippen LogP contribution in [0.2, 0.25) is 0 Å². The summed E-state index contributed by atoms with van der Waals surface area (Å²) in [6.07, 6.45) is 29.7. The lowest BCUT2D eigenvalue weighted by Crippen LogP contribution is -2.33. The van der Waals surface area contributed by atoms with Gasteiger partial charge in [-0.1, -0.05) is 147 Å². The summed E-state index contributed by atoms with van der Waals surface area (Å²) in [5.41, 5.74) is 0. The van der Waals surface area contributed by atoms with E-state index in [2.05, 4.69) is 50.3 Å². The summed E-state index contributed by atoms with van der Waals surface area (Å²) < 4.78 is 1.35. The van der Waals surface area contributed by atoms with Gasteiger partial charge >= 0.3 is 0 Å². The SMILES string of the molecule is CCCCC(CI)CCCC(CCC)C(C(C)CC(CCCC(C)O)C1CCC(C)CC1)C1CCCCC1. The topological polar surface area (TPSA) is 20.2 Å². The summed E-state index contributed by atoms with van der Waals surface area (Å²) in [6.45, 7) is 12.0. The Kier molecular flexibility index (Phi) is 18.9. The average Bonchev–Trinajstić information content (AvgIpc) is 2.91. The van der Waals surface area contributed by atoms with Gasteiger partial charge in [-0.05, 0) is 92.8 Å². The number of unbranched alkanes of at least 4 members (excludes halogenated alkanes) is 1. The van der Waals surface area contributed by atoms with Crippen LogP contribution in [-0.2, 0) is 0 Å². The summed E-state index contributed by atoms with van der Waals surface area (Å²) in [4.78, 5) is 0. The van der Waals surface area contributed by atoms with Gasteiger partial charge in [0.1, 0.15) is 0 Å². The summed E-state index contributed by atoms with van der Waals surface area (Å²) >= 11 is 2.66. The molecular formula is C36H69IO. The molecule has 0 aliphatic heterocycles. The van der Waals surface area contributed by atoms with Crippen molar-refractivity contribution in [2.45, 2.75) is 176 Å². The minimum Gasteiger partial charge on any atom is -0.393 e. The standard InChI is InChI=1S/C36H69IO/c1-6-8-16-31(27-37)17-13-20-33(14-7-2)36(34-18-10-9-11-19-34)29(4)26-35(21-12-15-30(5)38)32-24-22-28(3)23-25-32/h28-36,38H,6-27H2,1-5H3. The van der Waals surface area contributed by atoms with Crippen molar-refractivity contribution >= 4 is 22.6 Å². The zero-order valence-electron chi connectivity index (χ0n) is 26.6. The van der Waals surface area contributed by atoms with Crippen LogP contribution in [0.5, 0.6) is 0 Å². The van der Waals surface area contributed by atoms with Crippen molar-refractivity contribution in [1.82, 2.24) is 0 Å². The summed E-state index contributed by atoms with van der Waals surface area (Å²) in [5.74, 6) is 7.48. The molecule has 0 aromatic rings. The highest BCUT2D eigenvalue weighted by Crippen LogP contribution is 2.46. The van der Waals surface area contributed by atoms with Crippen molar-refractivity contribution in [3.63, 3.8) is 0 Å². The molecule has 226 valence electrons. The number of hydrogen-bond donors (Lipinski definition) is 1. The van der Waals surface area contributed by atoms with E-state index in [0.29, 0.717) is 0 Å². The largest absolute Gasteiger partial charge is 0.393 e. The van der Waals surface area contributed by atoms with Crippen LogP contribution in [0, 0.1) is 47.3 Å². The molecule has 2 aliphatic rings. The summed E-state index contributed by atoms with van der Waals surface area (Å²) in [7, 11) is 0. The molecule has 0 aromatic heterocycles. The molecule has 2 fully saturated rings. The number of hydrogen-bond acceptors (Lipinski definition) is 1. The van der Waals surface area contributed by atoms with Gasteiger partial charge in [0, 0.05) is 4.43 Å². The van der Waals surface area contributed by atoms with Crippen LogP contribution in [0.4, 0.5) is 0 Å². The van der Waals surface area contributed by atoms with Crippen LogP contribution in [0.25, 0.3) is 0 Å². The maximum absolute atomic E-state index is 9.97. The third-order valence-corrected chi connectivity index (χ3v) is 12.3. The van der Waals surface area contributed by atoms with Crippen LogP contribution in [0.3, 0.4) is 0 Å². The van der Waals surface area contributed by atoms with E-state index in [9.17, 15) is 5.11 Å². The molecule has 6 unspecified atom stereocenters. The van der Waals surface area contributed by atoms with Crippen molar-refractivity contribution in [2.75, 3.05) is 4.43 Å². The first-order chi connectivity index (χ1) is 18.4. The Balaban J connectivity index is 2.13. The second kappa shape index (κ2) is 20.5. The van der Waals surface area contributed by atoms with Crippen molar-refractivity contribution in [3.05, 3.63) is 0 Å². The van der Waals surface area contributed by atoms with Gasteiger partial charge in [0.05, 0.1) is 6.10 Å². The lowest BCUT2D eigenvalue weighted by molar-refractivity contribution is 0.0733. The van der Waals surface area contributed by atoms with Crippen molar-refractivity contribution in [2.24, 2.45) is 47.3 Å². The normalized spacial score (nSPS) is 26.0. The lowest BCUT2D eigenvalue weighted by Gasteiger charge is -2.43. The van der Waals surface area contributed by atoms with E-state index >= 15 is 0 Å². The highest BCUT2D eigenvalue weighted by molar-refractivity contribution is 14.1. The molecule has 0 saturated heterocycles. The quantitative estimate of drug-likeness (QED) is 0.103. The van der Waals surface area contributed by atoms with E-state index in [1.807, 2.05) is 6.92 Å². The second-order valence-corrected chi connectivity index (χ2v) is 15.3. The van der Waals surface area contributed by atoms with E-state index < -0.39 is 0 Å². The monoisotopic (exact) mass is 644 g/mol. The van der Waals surface area contributed by atoms with Crippen molar-refractivity contribution < 1.29 is 5.11 Å². The van der Waals surface area contributed by atoms with Gasteiger partial charge < -0.3 is 5.11 Å². The molecule has 2 rings (SSSR count). The molecule has 2 aliphatic carbocycles. The maximum Gasteiger partial charge on any atom is 0.0512 e. The first-order valence-electron chi connectivity index (χ1n) is 17.6. The molecular weight excluding hydrogens is 575 g/mol. The summed E-state index contributed by atoms with van der Waals surface area (Å²) in [6, 6.07) is 0. The third-order valence-electron chi connectivity index (χ3n) is 11.0. The molecule has 0 aromatic carbocycles. The molecule has 2 saturated carbocycles. The van der Waals surface area contributed by atoms with E-state index in [-0.39, 0.29) is 6.10 Å². The molecule has 38 heavy (non-hydrogen) atoms. The van der Waals surface area contributed by atoms with Crippen molar-refractivity contribution in [3.8, 4) is 0 Å². The van der Waals surface area contributed by atoms with Gasteiger partial charge in [0.2, 0.25) is 0 Å². The van der Waals surface area contributed by atoms with Crippen LogP contribution >= 0.6 is 22.6 Å². The number of aliphatic hydroxyl groups excluding tert-OH is 1. The molecule has 1 nitrogen and oxygen atoms in total. The smallest absolute Gasteiger partial charge is 0.0512 e. The molecule has 6 atom stereocenters. The number of aliphatic hydroxyl groups is 1. The van der Waals surface area contributed by atoms with Crippen LogP contribution in [-0.4, -0.2) is 15.6 Å². The predicted molar refractivity (Wildman–Crippen MR) is 178 cm³/mol. The Morgan fingerprint density at radius 1 is 0.711 bits per heavy atom. The zero-order valence-corrected chi connectivity index (χ0v) is 28.7. The third kappa shape index (κ3) is 13.1. The van der Waals surface area contributed by atoms with Gasteiger partial charge in [0.25, 0.3) is 0 Å². The molecule has 0 amide bonds. The molecule has 1 N–H and O–H groups in total. The lowest BCUT2D eigenvalue weighted by atomic mass is 9.63. The Morgan fingerprint density at radius 3 is 1.97 bits per heavy atom. The van der Waals surface area contributed by atoms with E-state index in [1.54, 1.807) is 0 Å². The Morgan fingerprint density at radius 2 is 1.37 bits per heavy atom. The van der Waals surface area contributed by atoms with E-state index in [4.69, 9.17) is 0 Å². The molecule has 0 bridgehead atoms. The van der Waals surface area contributed by atoms with Crippen LogP contribution in [0.1, 0.15) is 169 Å². The number of rotatable bonds is 20. The second-order valence-electron chi connectivity index (χ2n) is 14.4. The van der Waals surface area contributed by atoms with Gasteiger partial charge in [-0.25, -0.2) is 0 Å². The van der Waals surface area contributed by atoms with E-state index in [0.717, 1.165) is 53.8 Å². The van der Waals surface area contributed by atoms with Gasteiger partial charge in [-0.15, -0.1) is 0 Å².